The second-order valence-corrected chi connectivity index (χ2v) is 8.83. The third-order valence-electron chi connectivity index (χ3n) is 6.11. The van der Waals surface area contributed by atoms with Crippen molar-refractivity contribution in [3.05, 3.63) is 74.1 Å². The van der Waals surface area contributed by atoms with Crippen molar-refractivity contribution < 1.29 is 23.4 Å². The van der Waals surface area contributed by atoms with E-state index in [9.17, 15) is 9.59 Å². The van der Waals surface area contributed by atoms with E-state index >= 15 is 0 Å². The summed E-state index contributed by atoms with van der Waals surface area (Å²) >= 11 is 1.30. The number of amides is 1. The van der Waals surface area contributed by atoms with Gasteiger partial charge in [0.1, 0.15) is 5.58 Å². The predicted molar refractivity (Wildman–Crippen MR) is 129 cm³/mol. The summed E-state index contributed by atoms with van der Waals surface area (Å²) in [6, 6.07) is 6.28. The smallest absolute Gasteiger partial charge is 0.297 e. The Morgan fingerprint density at radius 1 is 0.971 bits per heavy atom. The Hall–Kier alpha value is -3.85. The molecule has 1 aliphatic rings. The van der Waals surface area contributed by atoms with Crippen molar-refractivity contribution in [2.24, 2.45) is 0 Å². The fourth-order valence-corrected chi connectivity index (χ4v) is 5.00. The number of fused-ring (bicyclic) bond motifs is 2. The Kier molecular flexibility index (Phi) is 5.28. The molecule has 174 valence electrons. The van der Waals surface area contributed by atoms with Gasteiger partial charge in [0.25, 0.3) is 5.91 Å². The number of hydrogen-bond donors (Lipinski definition) is 0. The first kappa shape index (κ1) is 22.0. The van der Waals surface area contributed by atoms with Crippen LogP contribution in [0.15, 0.2) is 45.1 Å². The number of aryl methyl sites for hydroxylation is 2. The molecule has 0 N–H and O–H groups in total. The van der Waals surface area contributed by atoms with Gasteiger partial charge in [-0.15, -0.1) is 11.3 Å². The first-order chi connectivity index (χ1) is 16.4. The van der Waals surface area contributed by atoms with Crippen LogP contribution in [0.4, 0.5) is 5.13 Å². The van der Waals surface area contributed by atoms with Crippen LogP contribution in [0.1, 0.15) is 38.9 Å². The molecule has 0 saturated heterocycles. The SMILES string of the molecule is COc1cc(C2c3c(oc4cc(C)c(C)cc4c3=O)C(=O)N2c2nccs2)cc(OC)c1OC. The van der Waals surface area contributed by atoms with Crippen molar-refractivity contribution >= 4 is 33.3 Å². The quantitative estimate of drug-likeness (QED) is 0.413. The van der Waals surface area contributed by atoms with Crippen LogP contribution in [0.5, 0.6) is 17.2 Å². The number of rotatable bonds is 5. The van der Waals surface area contributed by atoms with Gasteiger partial charge in [-0.05, 0) is 54.8 Å². The number of nitrogens with zero attached hydrogens (tertiary/aromatic N) is 2. The topological polar surface area (TPSA) is 91.1 Å². The summed E-state index contributed by atoms with van der Waals surface area (Å²) in [7, 11) is 4.54. The molecule has 1 unspecified atom stereocenters. The number of ether oxygens (including phenoxy) is 3. The summed E-state index contributed by atoms with van der Waals surface area (Å²) in [5.74, 6) is 0.813. The Bertz CT molecular complexity index is 1470. The normalized spacial score (nSPS) is 15.0. The van der Waals surface area contributed by atoms with E-state index in [1.165, 1.54) is 37.6 Å². The molecule has 2 aromatic carbocycles. The highest BCUT2D eigenvalue weighted by Crippen LogP contribution is 2.46. The minimum Gasteiger partial charge on any atom is -0.493 e. The molecule has 3 heterocycles. The van der Waals surface area contributed by atoms with E-state index in [2.05, 4.69) is 4.98 Å². The molecule has 0 spiro atoms. The number of benzene rings is 2. The molecule has 34 heavy (non-hydrogen) atoms. The number of thiazole rings is 1. The lowest BCUT2D eigenvalue weighted by Gasteiger charge is -2.24. The van der Waals surface area contributed by atoms with Gasteiger partial charge in [0.05, 0.1) is 38.3 Å². The second kappa shape index (κ2) is 8.18. The predicted octanol–water partition coefficient (Wildman–Crippen LogP) is 4.64. The van der Waals surface area contributed by atoms with Gasteiger partial charge < -0.3 is 18.6 Å². The fourth-order valence-electron chi connectivity index (χ4n) is 4.33. The van der Waals surface area contributed by atoms with Crippen molar-refractivity contribution in [1.29, 1.82) is 0 Å². The van der Waals surface area contributed by atoms with Crippen LogP contribution >= 0.6 is 11.3 Å². The third kappa shape index (κ3) is 3.15. The molecule has 0 bridgehead atoms. The lowest BCUT2D eigenvalue weighted by atomic mass is 9.97. The summed E-state index contributed by atoms with van der Waals surface area (Å²) in [5, 5.41) is 2.65. The van der Waals surface area contributed by atoms with Gasteiger partial charge in [-0.1, -0.05) is 0 Å². The van der Waals surface area contributed by atoms with E-state index in [1.807, 2.05) is 13.8 Å². The van der Waals surface area contributed by atoms with Gasteiger partial charge in [0, 0.05) is 11.6 Å². The van der Waals surface area contributed by atoms with Gasteiger partial charge >= 0.3 is 0 Å². The van der Waals surface area contributed by atoms with Crippen molar-refractivity contribution in [3.8, 4) is 17.2 Å². The molecular weight excluding hydrogens is 456 g/mol. The number of methoxy groups -OCH3 is 3. The van der Waals surface area contributed by atoms with E-state index in [-0.39, 0.29) is 16.8 Å². The van der Waals surface area contributed by atoms with E-state index < -0.39 is 11.9 Å². The largest absolute Gasteiger partial charge is 0.493 e. The number of anilines is 1. The molecule has 5 rings (SSSR count). The molecule has 0 saturated carbocycles. The summed E-state index contributed by atoms with van der Waals surface area (Å²) < 4.78 is 22.6. The molecule has 0 aliphatic carbocycles. The van der Waals surface area contributed by atoms with E-state index in [0.717, 1.165) is 11.1 Å². The molecule has 2 aromatic heterocycles. The van der Waals surface area contributed by atoms with Gasteiger partial charge in [0.15, 0.2) is 22.1 Å². The van der Waals surface area contributed by atoms with Crippen molar-refractivity contribution in [3.63, 3.8) is 0 Å². The standard InChI is InChI=1S/C25H22N2O6S/c1-12-8-15-16(9-13(12)2)33-23-19(21(15)28)20(27(24(23)29)25-26-6-7-34-25)14-10-17(30-3)22(32-5)18(11-14)31-4/h6-11,20H,1-5H3. The van der Waals surface area contributed by atoms with Crippen LogP contribution in [0.2, 0.25) is 0 Å². The minimum atomic E-state index is -0.787. The van der Waals surface area contributed by atoms with Crippen LogP contribution in [-0.4, -0.2) is 32.2 Å². The van der Waals surface area contributed by atoms with Crippen LogP contribution in [-0.2, 0) is 0 Å². The maximum atomic E-state index is 13.8. The molecule has 4 aromatic rings. The molecule has 1 amide bonds. The Balaban J connectivity index is 1.84. The van der Waals surface area contributed by atoms with Crippen LogP contribution < -0.4 is 24.5 Å². The van der Waals surface area contributed by atoms with E-state index in [1.54, 1.807) is 35.8 Å². The summed E-state index contributed by atoms with van der Waals surface area (Å²) in [4.78, 5) is 33.3. The number of carbonyl (C=O) groups is 1. The van der Waals surface area contributed by atoms with Crippen LogP contribution in [0, 0.1) is 13.8 Å². The van der Waals surface area contributed by atoms with Crippen molar-refractivity contribution in [1.82, 2.24) is 4.98 Å². The zero-order valence-electron chi connectivity index (χ0n) is 19.3. The van der Waals surface area contributed by atoms with Crippen LogP contribution in [0.25, 0.3) is 11.0 Å². The lowest BCUT2D eigenvalue weighted by Crippen LogP contribution is -2.29. The van der Waals surface area contributed by atoms with Crippen molar-refractivity contribution in [2.75, 3.05) is 26.2 Å². The molecule has 1 aliphatic heterocycles. The number of carbonyl (C=O) groups excluding carboxylic acids is 1. The van der Waals surface area contributed by atoms with Gasteiger partial charge in [-0.3, -0.25) is 14.5 Å². The van der Waals surface area contributed by atoms with E-state index in [0.29, 0.717) is 38.9 Å². The first-order valence-electron chi connectivity index (χ1n) is 10.5. The maximum absolute atomic E-state index is 13.8. The molecule has 8 nitrogen and oxygen atoms in total. The molecule has 9 heteroatoms. The van der Waals surface area contributed by atoms with E-state index in [4.69, 9.17) is 18.6 Å². The Morgan fingerprint density at radius 3 is 2.24 bits per heavy atom. The Morgan fingerprint density at radius 2 is 1.65 bits per heavy atom. The third-order valence-corrected chi connectivity index (χ3v) is 6.89. The second-order valence-electron chi connectivity index (χ2n) is 7.96. The highest BCUT2D eigenvalue weighted by Gasteiger charge is 2.45. The fraction of sp³-hybridized carbons (Fsp3) is 0.240. The van der Waals surface area contributed by atoms with Crippen LogP contribution in [0.3, 0.4) is 0 Å². The highest BCUT2D eigenvalue weighted by atomic mass is 32.1. The molecule has 0 radical (unpaired) electrons. The summed E-state index contributed by atoms with van der Waals surface area (Å²) in [6.45, 7) is 3.87. The van der Waals surface area contributed by atoms with Gasteiger partial charge in [-0.25, -0.2) is 4.98 Å². The average molecular weight is 479 g/mol. The minimum absolute atomic E-state index is 0.00899. The highest BCUT2D eigenvalue weighted by molar-refractivity contribution is 7.13. The van der Waals surface area contributed by atoms with Gasteiger partial charge in [-0.2, -0.15) is 0 Å². The average Bonchev–Trinajstić information content (AvgIpc) is 3.46. The summed E-state index contributed by atoms with van der Waals surface area (Å²) in [5.41, 5.74) is 2.91. The zero-order chi connectivity index (χ0) is 24.1. The Labute approximate surface area is 199 Å². The van der Waals surface area contributed by atoms with Gasteiger partial charge in [0.2, 0.25) is 11.5 Å². The zero-order valence-corrected chi connectivity index (χ0v) is 20.1. The number of hydrogen-bond acceptors (Lipinski definition) is 8. The molecule has 1 atom stereocenters. The maximum Gasteiger partial charge on any atom is 0.297 e. The first-order valence-corrected chi connectivity index (χ1v) is 11.4. The van der Waals surface area contributed by atoms with Crippen molar-refractivity contribution in [2.45, 2.75) is 19.9 Å². The summed E-state index contributed by atoms with van der Waals surface area (Å²) in [6.07, 6.45) is 1.61. The molecular formula is C25H22N2O6S. The monoisotopic (exact) mass is 478 g/mol. The number of aromatic nitrogens is 1. The molecule has 0 fully saturated rings. The lowest BCUT2D eigenvalue weighted by molar-refractivity contribution is 0.0971.